The van der Waals surface area contributed by atoms with Gasteiger partial charge in [-0.1, -0.05) is 24.3 Å². The van der Waals surface area contributed by atoms with E-state index in [2.05, 4.69) is 15.1 Å². The molecule has 1 heterocycles. The zero-order valence-corrected chi connectivity index (χ0v) is 14.2. The first-order valence-corrected chi connectivity index (χ1v) is 8.38. The number of carbonyl (C=O) groups excluding carboxylic acids is 1. The van der Waals surface area contributed by atoms with E-state index in [0.29, 0.717) is 13.1 Å². The number of aromatic hydroxyl groups is 1. The van der Waals surface area contributed by atoms with Crippen LogP contribution in [0.1, 0.15) is 6.92 Å². The molecule has 0 saturated carbocycles. The Labute approximate surface area is 146 Å². The summed E-state index contributed by atoms with van der Waals surface area (Å²) in [4.78, 5) is 16.6. The Bertz CT molecular complexity index is 745. The Morgan fingerprint density at radius 1 is 1.08 bits per heavy atom. The van der Waals surface area contributed by atoms with E-state index in [1.54, 1.807) is 30.3 Å². The van der Waals surface area contributed by atoms with Crippen LogP contribution in [0, 0.1) is 5.82 Å². The summed E-state index contributed by atoms with van der Waals surface area (Å²) in [5, 5.41) is 12.6. The van der Waals surface area contributed by atoms with E-state index >= 15 is 0 Å². The molecule has 3 rings (SSSR count). The van der Waals surface area contributed by atoms with Gasteiger partial charge in [-0.3, -0.25) is 9.69 Å². The molecule has 0 unspecified atom stereocenters. The van der Waals surface area contributed by atoms with Crippen LogP contribution in [-0.2, 0) is 4.79 Å². The van der Waals surface area contributed by atoms with Crippen molar-refractivity contribution in [3.05, 3.63) is 54.3 Å². The molecule has 1 atom stereocenters. The third-order valence-corrected chi connectivity index (χ3v) is 4.60. The maximum Gasteiger partial charge on any atom is 0.241 e. The minimum Gasteiger partial charge on any atom is -0.506 e. The van der Waals surface area contributed by atoms with Crippen molar-refractivity contribution in [3.8, 4) is 5.75 Å². The standard InChI is InChI=1S/C19H22FN3O2/c1-14(19(25)21-16-7-3-2-6-15(16)20)22-10-12-23(13-11-22)17-8-4-5-9-18(17)24/h2-9,14,24H,10-13H2,1H3,(H,21,25)/t14-/m0/s1. The maximum atomic E-state index is 13.7. The molecular formula is C19H22FN3O2. The smallest absolute Gasteiger partial charge is 0.241 e. The zero-order valence-electron chi connectivity index (χ0n) is 14.2. The lowest BCUT2D eigenvalue weighted by molar-refractivity contribution is -0.120. The molecule has 1 aliphatic heterocycles. The number of carbonyl (C=O) groups is 1. The first-order chi connectivity index (χ1) is 12.1. The lowest BCUT2D eigenvalue weighted by Gasteiger charge is -2.38. The fourth-order valence-electron chi connectivity index (χ4n) is 3.05. The van der Waals surface area contributed by atoms with Gasteiger partial charge in [0.1, 0.15) is 11.6 Å². The molecule has 0 aliphatic carbocycles. The molecule has 0 aromatic heterocycles. The zero-order chi connectivity index (χ0) is 17.8. The molecule has 1 saturated heterocycles. The highest BCUT2D eigenvalue weighted by Gasteiger charge is 2.26. The van der Waals surface area contributed by atoms with Crippen molar-refractivity contribution in [1.82, 2.24) is 4.90 Å². The Morgan fingerprint density at radius 2 is 1.72 bits per heavy atom. The molecule has 6 heteroatoms. The molecule has 25 heavy (non-hydrogen) atoms. The highest BCUT2D eigenvalue weighted by atomic mass is 19.1. The van der Waals surface area contributed by atoms with Gasteiger partial charge in [0.05, 0.1) is 17.4 Å². The topological polar surface area (TPSA) is 55.8 Å². The van der Waals surface area contributed by atoms with E-state index in [9.17, 15) is 14.3 Å². The minimum absolute atomic E-state index is 0.201. The van der Waals surface area contributed by atoms with Crippen LogP contribution < -0.4 is 10.2 Å². The molecule has 0 bridgehead atoms. The average Bonchev–Trinajstić information content (AvgIpc) is 2.63. The van der Waals surface area contributed by atoms with Gasteiger partial charge in [0.25, 0.3) is 0 Å². The van der Waals surface area contributed by atoms with Crippen molar-refractivity contribution < 1.29 is 14.3 Å². The molecule has 2 aromatic rings. The largest absolute Gasteiger partial charge is 0.506 e. The summed E-state index contributed by atoms with van der Waals surface area (Å²) >= 11 is 0. The van der Waals surface area contributed by atoms with Gasteiger partial charge < -0.3 is 15.3 Å². The Kier molecular flexibility index (Phi) is 5.19. The molecule has 132 valence electrons. The van der Waals surface area contributed by atoms with Crippen LogP contribution >= 0.6 is 0 Å². The van der Waals surface area contributed by atoms with Gasteiger partial charge in [0.2, 0.25) is 5.91 Å². The molecule has 2 N–H and O–H groups in total. The number of anilines is 2. The van der Waals surface area contributed by atoms with Gasteiger partial charge in [0, 0.05) is 26.2 Å². The van der Waals surface area contributed by atoms with E-state index < -0.39 is 5.82 Å². The number of phenolic OH excluding ortho intramolecular Hbond substituents is 1. The van der Waals surface area contributed by atoms with Crippen LogP contribution in [0.25, 0.3) is 0 Å². The van der Waals surface area contributed by atoms with E-state index in [-0.39, 0.29) is 23.4 Å². The van der Waals surface area contributed by atoms with Gasteiger partial charge in [0.15, 0.2) is 0 Å². The summed E-state index contributed by atoms with van der Waals surface area (Å²) in [5.74, 6) is -0.394. The first kappa shape index (κ1) is 17.2. The predicted octanol–water partition coefficient (Wildman–Crippen LogP) is 2.68. The molecule has 1 fully saturated rings. The summed E-state index contributed by atoms with van der Waals surface area (Å²) in [6.07, 6.45) is 0. The van der Waals surface area contributed by atoms with Crippen molar-refractivity contribution in [2.24, 2.45) is 0 Å². The highest BCUT2D eigenvalue weighted by molar-refractivity contribution is 5.94. The quantitative estimate of drug-likeness (QED) is 0.896. The third-order valence-electron chi connectivity index (χ3n) is 4.60. The van der Waals surface area contributed by atoms with Crippen molar-refractivity contribution in [3.63, 3.8) is 0 Å². The van der Waals surface area contributed by atoms with Gasteiger partial charge in [-0.15, -0.1) is 0 Å². The molecule has 2 aromatic carbocycles. The fraction of sp³-hybridized carbons (Fsp3) is 0.316. The minimum atomic E-state index is -0.438. The van der Waals surface area contributed by atoms with Gasteiger partial charge in [-0.05, 0) is 31.2 Å². The van der Waals surface area contributed by atoms with Gasteiger partial charge in [-0.25, -0.2) is 4.39 Å². The summed E-state index contributed by atoms with van der Waals surface area (Å²) in [6.45, 7) is 4.65. The van der Waals surface area contributed by atoms with E-state index in [1.807, 2.05) is 19.1 Å². The number of piperazine rings is 1. The second-order valence-electron chi connectivity index (χ2n) is 6.16. The second-order valence-corrected chi connectivity index (χ2v) is 6.16. The van der Waals surface area contributed by atoms with E-state index in [4.69, 9.17) is 0 Å². The van der Waals surface area contributed by atoms with Crippen molar-refractivity contribution in [2.45, 2.75) is 13.0 Å². The maximum absolute atomic E-state index is 13.7. The number of benzene rings is 2. The monoisotopic (exact) mass is 343 g/mol. The molecular weight excluding hydrogens is 321 g/mol. The van der Waals surface area contributed by atoms with Gasteiger partial charge >= 0.3 is 0 Å². The molecule has 1 amide bonds. The van der Waals surface area contributed by atoms with Crippen LogP contribution in [0.15, 0.2) is 48.5 Å². The van der Waals surface area contributed by atoms with Crippen LogP contribution in [-0.4, -0.2) is 48.1 Å². The van der Waals surface area contributed by atoms with E-state index in [0.717, 1.165) is 18.8 Å². The number of hydrogen-bond acceptors (Lipinski definition) is 4. The molecule has 0 radical (unpaired) electrons. The molecule has 0 spiro atoms. The number of hydrogen-bond donors (Lipinski definition) is 2. The van der Waals surface area contributed by atoms with Crippen LogP contribution in [0.4, 0.5) is 15.8 Å². The van der Waals surface area contributed by atoms with Gasteiger partial charge in [-0.2, -0.15) is 0 Å². The predicted molar refractivity (Wildman–Crippen MR) is 96.4 cm³/mol. The Balaban J connectivity index is 1.58. The normalized spacial score (nSPS) is 16.5. The molecule has 1 aliphatic rings. The number of rotatable bonds is 4. The second kappa shape index (κ2) is 7.53. The first-order valence-electron chi connectivity index (χ1n) is 8.38. The molecule has 5 nitrogen and oxygen atoms in total. The SMILES string of the molecule is C[C@@H](C(=O)Nc1ccccc1F)N1CCN(c2ccccc2O)CC1. The Hall–Kier alpha value is -2.60. The van der Waals surface area contributed by atoms with Crippen molar-refractivity contribution in [1.29, 1.82) is 0 Å². The highest BCUT2D eigenvalue weighted by Crippen LogP contribution is 2.27. The number of amides is 1. The summed E-state index contributed by atoms with van der Waals surface area (Å²) in [7, 11) is 0. The van der Waals surface area contributed by atoms with Crippen molar-refractivity contribution >= 4 is 17.3 Å². The summed E-state index contributed by atoms with van der Waals surface area (Å²) < 4.78 is 13.7. The van der Waals surface area contributed by atoms with Crippen LogP contribution in [0.2, 0.25) is 0 Å². The fourth-order valence-corrected chi connectivity index (χ4v) is 3.05. The van der Waals surface area contributed by atoms with Crippen molar-refractivity contribution in [2.75, 3.05) is 36.4 Å². The van der Waals surface area contributed by atoms with E-state index in [1.165, 1.54) is 6.07 Å². The summed E-state index contributed by atoms with van der Waals surface area (Å²) in [6, 6.07) is 13.1. The van der Waals surface area contributed by atoms with Crippen LogP contribution in [0.3, 0.4) is 0 Å². The third kappa shape index (κ3) is 3.91. The number of nitrogens with zero attached hydrogens (tertiary/aromatic N) is 2. The average molecular weight is 343 g/mol. The number of phenols is 1. The Morgan fingerprint density at radius 3 is 2.40 bits per heavy atom. The lowest BCUT2D eigenvalue weighted by atomic mass is 10.2. The number of nitrogens with one attached hydrogen (secondary N) is 1. The lowest BCUT2D eigenvalue weighted by Crippen LogP contribution is -2.52. The number of para-hydroxylation sites is 3. The summed E-state index contributed by atoms with van der Waals surface area (Å²) in [5.41, 5.74) is 1.01. The van der Waals surface area contributed by atoms with Crippen LogP contribution in [0.5, 0.6) is 5.75 Å². The number of halogens is 1.